The third-order valence-electron chi connectivity index (χ3n) is 3.37. The molecule has 1 fully saturated rings. The summed E-state index contributed by atoms with van der Waals surface area (Å²) in [6.07, 6.45) is 2.58. The first-order chi connectivity index (χ1) is 9.52. The summed E-state index contributed by atoms with van der Waals surface area (Å²) in [7, 11) is 0. The standard InChI is InChI=1S/C13H21N5O2/c1-8(2)12-15-6-10(17-14)11(16-12)13(20)18-5-3-4-9(19)7-18/h6,8-9,17,19H,3-5,7,14H2,1-2H3. The number of hydrogen-bond donors (Lipinski definition) is 3. The van der Waals surface area contributed by atoms with E-state index in [1.54, 1.807) is 4.90 Å². The molecule has 7 nitrogen and oxygen atoms in total. The van der Waals surface area contributed by atoms with E-state index in [4.69, 9.17) is 5.84 Å². The number of aliphatic hydroxyl groups is 1. The number of amides is 1. The minimum Gasteiger partial charge on any atom is -0.391 e. The van der Waals surface area contributed by atoms with Gasteiger partial charge in [-0.15, -0.1) is 0 Å². The van der Waals surface area contributed by atoms with Crippen molar-refractivity contribution in [3.8, 4) is 0 Å². The molecule has 1 saturated heterocycles. The Kier molecular flexibility index (Phi) is 4.51. The Morgan fingerprint density at radius 3 is 2.95 bits per heavy atom. The number of likely N-dealkylation sites (tertiary alicyclic amines) is 1. The number of hydrazine groups is 1. The number of aliphatic hydroxyl groups excluding tert-OH is 1. The molecule has 1 aliphatic heterocycles. The Bertz CT molecular complexity index is 492. The number of nitrogen functional groups attached to an aromatic ring is 1. The van der Waals surface area contributed by atoms with Crippen LogP contribution in [0.2, 0.25) is 0 Å². The van der Waals surface area contributed by atoms with Gasteiger partial charge in [-0.05, 0) is 12.8 Å². The normalized spacial score (nSPS) is 19.2. The van der Waals surface area contributed by atoms with E-state index in [9.17, 15) is 9.90 Å². The Morgan fingerprint density at radius 1 is 1.60 bits per heavy atom. The predicted molar refractivity (Wildman–Crippen MR) is 75.1 cm³/mol. The van der Waals surface area contributed by atoms with Crippen molar-refractivity contribution in [2.24, 2.45) is 5.84 Å². The number of carbonyl (C=O) groups is 1. The molecule has 1 aromatic heterocycles. The fraction of sp³-hybridized carbons (Fsp3) is 0.615. The van der Waals surface area contributed by atoms with Crippen molar-refractivity contribution < 1.29 is 9.90 Å². The van der Waals surface area contributed by atoms with E-state index in [0.717, 1.165) is 12.8 Å². The zero-order valence-corrected chi connectivity index (χ0v) is 11.8. The summed E-state index contributed by atoms with van der Waals surface area (Å²) < 4.78 is 0. The number of nitrogens with two attached hydrogens (primary N) is 1. The lowest BCUT2D eigenvalue weighted by molar-refractivity contribution is 0.0469. The third-order valence-corrected chi connectivity index (χ3v) is 3.37. The fourth-order valence-corrected chi connectivity index (χ4v) is 2.23. The average Bonchev–Trinajstić information content (AvgIpc) is 2.45. The molecule has 1 atom stereocenters. The van der Waals surface area contributed by atoms with E-state index >= 15 is 0 Å². The first kappa shape index (κ1) is 14.7. The van der Waals surface area contributed by atoms with Crippen LogP contribution in [-0.4, -0.2) is 45.1 Å². The maximum Gasteiger partial charge on any atom is 0.274 e. The molecule has 2 heterocycles. The van der Waals surface area contributed by atoms with Crippen LogP contribution in [0, 0.1) is 0 Å². The Balaban J connectivity index is 2.29. The predicted octanol–water partition coefficient (Wildman–Crippen LogP) is 0.482. The molecule has 1 unspecified atom stereocenters. The lowest BCUT2D eigenvalue weighted by Crippen LogP contribution is -2.42. The van der Waals surface area contributed by atoms with Gasteiger partial charge in [0.2, 0.25) is 0 Å². The van der Waals surface area contributed by atoms with Crippen LogP contribution in [0.5, 0.6) is 0 Å². The van der Waals surface area contributed by atoms with Crippen molar-refractivity contribution in [1.29, 1.82) is 0 Å². The Labute approximate surface area is 118 Å². The van der Waals surface area contributed by atoms with Gasteiger partial charge in [-0.1, -0.05) is 13.8 Å². The highest BCUT2D eigenvalue weighted by Crippen LogP contribution is 2.19. The smallest absolute Gasteiger partial charge is 0.274 e. The van der Waals surface area contributed by atoms with E-state index in [2.05, 4.69) is 15.4 Å². The molecule has 0 bridgehead atoms. The number of β-amino-alcohol motifs (C(OH)–C–C–N with tert-alkyl or cyclic N) is 1. The van der Waals surface area contributed by atoms with Crippen molar-refractivity contribution >= 4 is 11.6 Å². The average molecular weight is 279 g/mol. The zero-order chi connectivity index (χ0) is 14.7. The number of hydrogen-bond acceptors (Lipinski definition) is 6. The summed E-state index contributed by atoms with van der Waals surface area (Å²) in [6.45, 7) is 4.89. The quantitative estimate of drug-likeness (QED) is 0.549. The fourth-order valence-electron chi connectivity index (χ4n) is 2.23. The molecule has 2 rings (SSSR count). The van der Waals surface area contributed by atoms with Gasteiger partial charge in [0, 0.05) is 19.0 Å². The minimum atomic E-state index is -0.464. The number of rotatable bonds is 3. The Morgan fingerprint density at radius 2 is 2.35 bits per heavy atom. The highest BCUT2D eigenvalue weighted by molar-refractivity contribution is 5.97. The first-order valence-corrected chi connectivity index (χ1v) is 6.83. The van der Waals surface area contributed by atoms with Gasteiger partial charge in [0.1, 0.15) is 5.82 Å². The summed E-state index contributed by atoms with van der Waals surface area (Å²) in [5.41, 5.74) is 3.12. The third kappa shape index (κ3) is 3.05. The van der Waals surface area contributed by atoms with Crippen LogP contribution in [-0.2, 0) is 0 Å². The number of piperidine rings is 1. The number of anilines is 1. The van der Waals surface area contributed by atoms with Crippen molar-refractivity contribution in [2.45, 2.75) is 38.7 Å². The van der Waals surface area contributed by atoms with Gasteiger partial charge in [-0.3, -0.25) is 10.6 Å². The van der Waals surface area contributed by atoms with E-state index in [-0.39, 0.29) is 17.5 Å². The molecular weight excluding hydrogens is 258 g/mol. The second-order valence-corrected chi connectivity index (χ2v) is 5.34. The molecule has 0 saturated carbocycles. The van der Waals surface area contributed by atoms with Crippen molar-refractivity contribution in [2.75, 3.05) is 18.5 Å². The van der Waals surface area contributed by atoms with Gasteiger partial charge in [-0.25, -0.2) is 9.97 Å². The summed E-state index contributed by atoms with van der Waals surface area (Å²) in [5, 5.41) is 9.68. The van der Waals surface area contributed by atoms with Gasteiger partial charge < -0.3 is 15.4 Å². The highest BCUT2D eigenvalue weighted by Gasteiger charge is 2.26. The molecular formula is C13H21N5O2. The second-order valence-electron chi connectivity index (χ2n) is 5.34. The van der Waals surface area contributed by atoms with E-state index in [1.165, 1.54) is 6.20 Å². The molecule has 0 radical (unpaired) electrons. The van der Waals surface area contributed by atoms with Crippen LogP contribution in [0.25, 0.3) is 0 Å². The molecule has 1 aromatic rings. The second kappa shape index (κ2) is 6.15. The van der Waals surface area contributed by atoms with Gasteiger partial charge in [0.15, 0.2) is 5.69 Å². The first-order valence-electron chi connectivity index (χ1n) is 6.83. The molecule has 7 heteroatoms. The maximum atomic E-state index is 12.5. The van der Waals surface area contributed by atoms with Crippen molar-refractivity contribution in [3.63, 3.8) is 0 Å². The molecule has 1 aliphatic rings. The van der Waals surface area contributed by atoms with Crippen LogP contribution in [0.1, 0.15) is 48.9 Å². The molecule has 1 amide bonds. The van der Waals surface area contributed by atoms with Gasteiger partial charge in [0.25, 0.3) is 5.91 Å². The number of carbonyl (C=O) groups excluding carboxylic acids is 1. The largest absolute Gasteiger partial charge is 0.391 e. The van der Waals surface area contributed by atoms with Crippen LogP contribution in [0.4, 0.5) is 5.69 Å². The SMILES string of the molecule is CC(C)c1ncc(NN)c(C(=O)N2CCCC(O)C2)n1. The number of nitrogens with zero attached hydrogens (tertiary/aromatic N) is 3. The van der Waals surface area contributed by atoms with Gasteiger partial charge in [0.05, 0.1) is 18.0 Å². The zero-order valence-electron chi connectivity index (χ0n) is 11.8. The summed E-state index contributed by atoms with van der Waals surface area (Å²) in [4.78, 5) is 22.6. The molecule has 110 valence electrons. The molecule has 20 heavy (non-hydrogen) atoms. The number of nitrogens with one attached hydrogen (secondary N) is 1. The minimum absolute atomic E-state index is 0.125. The molecule has 0 spiro atoms. The Hall–Kier alpha value is -1.73. The topological polar surface area (TPSA) is 104 Å². The van der Waals surface area contributed by atoms with Crippen LogP contribution < -0.4 is 11.3 Å². The summed E-state index contributed by atoms with van der Waals surface area (Å²) >= 11 is 0. The lowest BCUT2D eigenvalue weighted by atomic mass is 10.1. The van der Waals surface area contributed by atoms with Crippen molar-refractivity contribution in [3.05, 3.63) is 17.7 Å². The van der Waals surface area contributed by atoms with E-state index in [1.807, 2.05) is 13.8 Å². The molecule has 0 aromatic carbocycles. The monoisotopic (exact) mass is 279 g/mol. The highest BCUT2D eigenvalue weighted by atomic mass is 16.3. The van der Waals surface area contributed by atoms with Gasteiger partial charge in [-0.2, -0.15) is 0 Å². The number of aromatic nitrogens is 2. The summed E-state index contributed by atoms with van der Waals surface area (Å²) in [6, 6.07) is 0. The van der Waals surface area contributed by atoms with Crippen LogP contribution in [0.3, 0.4) is 0 Å². The van der Waals surface area contributed by atoms with Crippen LogP contribution in [0.15, 0.2) is 6.20 Å². The molecule has 4 N–H and O–H groups in total. The van der Waals surface area contributed by atoms with Crippen molar-refractivity contribution in [1.82, 2.24) is 14.9 Å². The summed E-state index contributed by atoms with van der Waals surface area (Å²) in [5.74, 6) is 5.93. The van der Waals surface area contributed by atoms with Gasteiger partial charge >= 0.3 is 0 Å². The van der Waals surface area contributed by atoms with E-state index < -0.39 is 6.10 Å². The molecule has 0 aliphatic carbocycles. The maximum absolute atomic E-state index is 12.5. The van der Waals surface area contributed by atoms with Crippen LogP contribution >= 0.6 is 0 Å². The van der Waals surface area contributed by atoms with E-state index in [0.29, 0.717) is 24.6 Å². The lowest BCUT2D eigenvalue weighted by Gasteiger charge is -2.30.